The van der Waals surface area contributed by atoms with Crippen LogP contribution < -0.4 is 5.32 Å². The van der Waals surface area contributed by atoms with Crippen molar-refractivity contribution in [3.63, 3.8) is 0 Å². The van der Waals surface area contributed by atoms with Crippen molar-refractivity contribution >= 4 is 27.8 Å². The van der Waals surface area contributed by atoms with Crippen LogP contribution in [0.5, 0.6) is 0 Å². The van der Waals surface area contributed by atoms with E-state index in [2.05, 4.69) is 21.2 Å². The molecule has 21 heavy (non-hydrogen) atoms. The molecule has 0 aromatic heterocycles. The fourth-order valence-electron chi connectivity index (χ4n) is 2.28. The van der Waals surface area contributed by atoms with Gasteiger partial charge in [0.25, 0.3) is 0 Å². The molecule has 5 nitrogen and oxygen atoms in total. The Kier molecular flexibility index (Phi) is 5.76. The van der Waals surface area contributed by atoms with Crippen LogP contribution in [0.1, 0.15) is 30.9 Å². The van der Waals surface area contributed by atoms with E-state index in [1.807, 2.05) is 12.1 Å². The van der Waals surface area contributed by atoms with Gasteiger partial charge in [-0.25, -0.2) is 4.79 Å². The van der Waals surface area contributed by atoms with Crippen LogP contribution in [0.15, 0.2) is 28.7 Å². The number of benzene rings is 1. The zero-order valence-corrected chi connectivity index (χ0v) is 13.4. The Morgan fingerprint density at radius 1 is 1.43 bits per heavy atom. The molecule has 1 amide bonds. The quantitative estimate of drug-likeness (QED) is 0.823. The number of amides is 1. The van der Waals surface area contributed by atoms with Crippen LogP contribution in [0, 0.1) is 0 Å². The second kappa shape index (κ2) is 7.56. The highest BCUT2D eigenvalue weighted by Crippen LogP contribution is 2.20. The Labute approximate surface area is 132 Å². The minimum Gasteiger partial charge on any atom is -0.467 e. The minimum atomic E-state index is -0.794. The summed E-state index contributed by atoms with van der Waals surface area (Å²) < 4.78 is 11.1. The number of rotatable bonds is 5. The number of ether oxygens (including phenoxy) is 2. The highest BCUT2D eigenvalue weighted by atomic mass is 79.9. The number of carbonyl (C=O) groups excluding carboxylic acids is 2. The van der Waals surface area contributed by atoms with E-state index in [1.165, 1.54) is 7.11 Å². The second-order valence-electron chi connectivity index (χ2n) is 4.91. The first-order valence-electron chi connectivity index (χ1n) is 6.84. The molecule has 1 fully saturated rings. The summed E-state index contributed by atoms with van der Waals surface area (Å²) in [5.74, 6) is -0.696. The third-order valence-corrected chi connectivity index (χ3v) is 3.91. The molecule has 1 heterocycles. The Morgan fingerprint density at radius 3 is 2.71 bits per heavy atom. The fourth-order valence-corrected chi connectivity index (χ4v) is 2.55. The number of hydrogen-bond acceptors (Lipinski definition) is 4. The van der Waals surface area contributed by atoms with Crippen molar-refractivity contribution in [3.05, 3.63) is 34.3 Å². The number of carbonyl (C=O) groups is 2. The Hall–Kier alpha value is -1.40. The number of methoxy groups -OCH3 is 1. The topological polar surface area (TPSA) is 64.6 Å². The van der Waals surface area contributed by atoms with Gasteiger partial charge in [0.15, 0.2) is 6.04 Å². The highest BCUT2D eigenvalue weighted by molar-refractivity contribution is 9.10. The normalized spacial score (nSPS) is 19.0. The van der Waals surface area contributed by atoms with Crippen molar-refractivity contribution in [2.24, 2.45) is 0 Å². The molecule has 1 N–H and O–H groups in total. The van der Waals surface area contributed by atoms with Gasteiger partial charge in [0, 0.05) is 11.1 Å². The first-order valence-corrected chi connectivity index (χ1v) is 7.63. The van der Waals surface area contributed by atoms with Gasteiger partial charge in [-0.1, -0.05) is 28.1 Å². The highest BCUT2D eigenvalue weighted by Gasteiger charge is 2.26. The molecular weight excluding hydrogens is 338 g/mol. The van der Waals surface area contributed by atoms with Gasteiger partial charge in [-0.3, -0.25) is 4.79 Å². The van der Waals surface area contributed by atoms with Gasteiger partial charge < -0.3 is 14.8 Å². The molecule has 1 saturated heterocycles. The molecule has 0 spiro atoms. The fraction of sp³-hybridized carbons (Fsp3) is 0.467. The van der Waals surface area contributed by atoms with E-state index < -0.39 is 12.0 Å². The van der Waals surface area contributed by atoms with Crippen LogP contribution in [-0.4, -0.2) is 31.7 Å². The molecule has 1 aromatic carbocycles. The van der Waals surface area contributed by atoms with Crippen molar-refractivity contribution in [1.82, 2.24) is 5.32 Å². The Balaban J connectivity index is 2.03. The summed E-state index contributed by atoms with van der Waals surface area (Å²) in [4.78, 5) is 24.0. The van der Waals surface area contributed by atoms with Gasteiger partial charge in [0.05, 0.1) is 19.6 Å². The van der Waals surface area contributed by atoms with Crippen LogP contribution in [0.3, 0.4) is 0 Å². The summed E-state index contributed by atoms with van der Waals surface area (Å²) in [7, 11) is 1.31. The maximum Gasteiger partial charge on any atom is 0.333 e. The lowest BCUT2D eigenvalue weighted by molar-refractivity contribution is -0.145. The number of hydrogen-bond donors (Lipinski definition) is 1. The predicted molar refractivity (Wildman–Crippen MR) is 80.6 cm³/mol. The van der Waals surface area contributed by atoms with Gasteiger partial charge >= 0.3 is 5.97 Å². The van der Waals surface area contributed by atoms with Crippen molar-refractivity contribution in [2.45, 2.75) is 31.4 Å². The zero-order chi connectivity index (χ0) is 15.2. The van der Waals surface area contributed by atoms with E-state index >= 15 is 0 Å². The molecule has 2 atom stereocenters. The van der Waals surface area contributed by atoms with E-state index in [9.17, 15) is 9.59 Å². The van der Waals surface area contributed by atoms with E-state index in [4.69, 9.17) is 9.47 Å². The van der Waals surface area contributed by atoms with Crippen molar-refractivity contribution in [2.75, 3.05) is 13.7 Å². The molecule has 1 aromatic rings. The standard InChI is InChI=1S/C15H18BrNO4/c1-20-15(19)14(10-4-6-11(16)7-5-10)17-13(18)9-12-3-2-8-21-12/h4-7,12,14H,2-3,8-9H2,1H3,(H,17,18). The average molecular weight is 356 g/mol. The molecule has 2 unspecified atom stereocenters. The Morgan fingerprint density at radius 2 is 2.14 bits per heavy atom. The summed E-state index contributed by atoms with van der Waals surface area (Å²) in [5.41, 5.74) is 0.686. The van der Waals surface area contributed by atoms with Crippen molar-refractivity contribution < 1.29 is 19.1 Å². The summed E-state index contributed by atoms with van der Waals surface area (Å²) >= 11 is 3.34. The Bertz CT molecular complexity index is 497. The summed E-state index contributed by atoms with van der Waals surface area (Å²) in [6.45, 7) is 0.699. The maximum atomic E-state index is 12.1. The van der Waals surface area contributed by atoms with E-state index in [-0.39, 0.29) is 18.4 Å². The molecule has 6 heteroatoms. The van der Waals surface area contributed by atoms with Crippen LogP contribution in [0.4, 0.5) is 0 Å². The van der Waals surface area contributed by atoms with E-state index in [1.54, 1.807) is 12.1 Å². The second-order valence-corrected chi connectivity index (χ2v) is 5.83. The molecule has 0 radical (unpaired) electrons. The van der Waals surface area contributed by atoms with Crippen LogP contribution in [0.2, 0.25) is 0 Å². The number of esters is 1. The lowest BCUT2D eigenvalue weighted by atomic mass is 10.1. The number of nitrogens with one attached hydrogen (secondary N) is 1. The predicted octanol–water partition coefficient (Wildman–Crippen LogP) is 2.35. The third-order valence-electron chi connectivity index (χ3n) is 3.38. The number of halogens is 1. The first kappa shape index (κ1) is 16.0. The van der Waals surface area contributed by atoms with Crippen LogP contribution in [0.25, 0.3) is 0 Å². The first-order chi connectivity index (χ1) is 10.1. The molecule has 1 aliphatic rings. The SMILES string of the molecule is COC(=O)C(NC(=O)CC1CCCO1)c1ccc(Br)cc1. The largest absolute Gasteiger partial charge is 0.467 e. The van der Waals surface area contributed by atoms with Gasteiger partial charge in [0.1, 0.15) is 0 Å². The molecule has 114 valence electrons. The molecule has 1 aliphatic heterocycles. The van der Waals surface area contributed by atoms with Gasteiger partial charge in [-0.05, 0) is 30.5 Å². The summed E-state index contributed by atoms with van der Waals surface area (Å²) in [6, 6.07) is 6.39. The minimum absolute atomic E-state index is 0.0479. The maximum absolute atomic E-state index is 12.1. The molecule has 0 bridgehead atoms. The van der Waals surface area contributed by atoms with Crippen molar-refractivity contribution in [1.29, 1.82) is 0 Å². The smallest absolute Gasteiger partial charge is 0.333 e. The summed E-state index contributed by atoms with van der Waals surface area (Å²) in [5, 5.41) is 2.72. The molecule has 2 rings (SSSR count). The monoisotopic (exact) mass is 355 g/mol. The van der Waals surface area contributed by atoms with E-state index in [0.717, 1.165) is 17.3 Å². The molecular formula is C15H18BrNO4. The van der Waals surface area contributed by atoms with Crippen LogP contribution in [-0.2, 0) is 19.1 Å². The zero-order valence-electron chi connectivity index (χ0n) is 11.8. The lowest BCUT2D eigenvalue weighted by Crippen LogP contribution is -2.36. The summed E-state index contributed by atoms with van der Waals surface area (Å²) in [6.07, 6.45) is 2.08. The van der Waals surface area contributed by atoms with E-state index in [0.29, 0.717) is 12.2 Å². The lowest BCUT2D eigenvalue weighted by Gasteiger charge is -2.18. The molecule has 0 saturated carbocycles. The van der Waals surface area contributed by atoms with Gasteiger partial charge in [-0.2, -0.15) is 0 Å². The third kappa shape index (κ3) is 4.54. The van der Waals surface area contributed by atoms with Gasteiger partial charge in [-0.15, -0.1) is 0 Å². The van der Waals surface area contributed by atoms with Crippen molar-refractivity contribution in [3.8, 4) is 0 Å². The molecule has 0 aliphatic carbocycles. The van der Waals surface area contributed by atoms with Gasteiger partial charge in [0.2, 0.25) is 5.91 Å². The van der Waals surface area contributed by atoms with Crippen LogP contribution >= 0.6 is 15.9 Å². The average Bonchev–Trinajstić information content (AvgIpc) is 2.98.